The largest absolute Gasteiger partial charge is 0.490 e. The summed E-state index contributed by atoms with van der Waals surface area (Å²) >= 11 is 0. The molecule has 37 heavy (non-hydrogen) atoms. The van der Waals surface area contributed by atoms with Crippen LogP contribution < -0.4 is 10.3 Å². The molecule has 1 N–H and O–H groups in total. The molecule has 1 saturated heterocycles. The zero-order chi connectivity index (χ0) is 26.6. The van der Waals surface area contributed by atoms with Crippen molar-refractivity contribution in [1.29, 1.82) is 0 Å². The van der Waals surface area contributed by atoms with E-state index < -0.39 is 23.4 Å². The van der Waals surface area contributed by atoms with Crippen molar-refractivity contribution in [3.63, 3.8) is 0 Å². The molecule has 0 radical (unpaired) electrons. The van der Waals surface area contributed by atoms with Gasteiger partial charge >= 0.3 is 0 Å². The fraction of sp³-hybridized carbons (Fsp3) is 0.520. The highest BCUT2D eigenvalue weighted by atomic mass is 32.2. The second-order valence-corrected chi connectivity index (χ2v) is 11.0. The van der Waals surface area contributed by atoms with Gasteiger partial charge in [-0.3, -0.25) is 9.18 Å². The molecule has 2 aromatic heterocycles. The van der Waals surface area contributed by atoms with E-state index in [-0.39, 0.29) is 47.3 Å². The van der Waals surface area contributed by atoms with Crippen LogP contribution in [0.5, 0.6) is 5.75 Å². The molecular formula is C25H33F2N5O4S. The average Bonchev–Trinajstić information content (AvgIpc) is 3.21. The minimum atomic E-state index is -3.86. The van der Waals surface area contributed by atoms with Gasteiger partial charge in [-0.1, -0.05) is 13.3 Å². The lowest BCUT2D eigenvalue weighted by Crippen LogP contribution is -2.48. The van der Waals surface area contributed by atoms with Gasteiger partial charge in [0.1, 0.15) is 30.4 Å². The lowest BCUT2D eigenvalue weighted by atomic mass is 10.1. The second kappa shape index (κ2) is 11.7. The molecule has 0 atom stereocenters. The number of sulfonamides is 1. The molecule has 0 amide bonds. The lowest BCUT2D eigenvalue weighted by Gasteiger charge is -2.33. The Balaban J connectivity index is 1.74. The summed E-state index contributed by atoms with van der Waals surface area (Å²) in [5, 5.41) is 0. The van der Waals surface area contributed by atoms with E-state index in [2.05, 4.69) is 4.98 Å². The first-order valence-corrected chi connectivity index (χ1v) is 13.9. The Morgan fingerprint density at radius 3 is 2.57 bits per heavy atom. The van der Waals surface area contributed by atoms with Crippen LogP contribution in [0.2, 0.25) is 0 Å². The summed E-state index contributed by atoms with van der Waals surface area (Å²) in [5.74, 6) is 0.381. The summed E-state index contributed by atoms with van der Waals surface area (Å²) in [4.78, 5) is 22.5. The van der Waals surface area contributed by atoms with Crippen molar-refractivity contribution in [2.45, 2.75) is 31.1 Å². The fourth-order valence-electron chi connectivity index (χ4n) is 4.71. The Kier molecular flexibility index (Phi) is 8.60. The molecule has 3 aromatic rings. The third-order valence-electron chi connectivity index (χ3n) is 6.54. The van der Waals surface area contributed by atoms with E-state index in [1.165, 1.54) is 22.5 Å². The Morgan fingerprint density at radius 1 is 1.14 bits per heavy atom. The van der Waals surface area contributed by atoms with Crippen molar-refractivity contribution in [3.05, 3.63) is 40.3 Å². The number of aromatic nitrogens is 3. The van der Waals surface area contributed by atoms with Crippen LogP contribution >= 0.6 is 0 Å². The number of rotatable bonds is 11. The number of fused-ring (bicyclic) bond motifs is 1. The monoisotopic (exact) mass is 537 g/mol. The average molecular weight is 538 g/mol. The van der Waals surface area contributed by atoms with Crippen molar-refractivity contribution in [2.24, 2.45) is 7.05 Å². The summed E-state index contributed by atoms with van der Waals surface area (Å²) in [6.45, 7) is 2.88. The molecule has 0 saturated carbocycles. The van der Waals surface area contributed by atoms with Gasteiger partial charge in [0.15, 0.2) is 0 Å². The van der Waals surface area contributed by atoms with Crippen LogP contribution in [0.15, 0.2) is 34.1 Å². The van der Waals surface area contributed by atoms with E-state index in [9.17, 15) is 22.0 Å². The Morgan fingerprint density at radius 2 is 1.89 bits per heavy atom. The predicted molar refractivity (Wildman–Crippen MR) is 138 cm³/mol. The molecule has 0 bridgehead atoms. The summed E-state index contributed by atoms with van der Waals surface area (Å²) in [6.07, 6.45) is 3.88. The van der Waals surface area contributed by atoms with Crippen LogP contribution in [0.4, 0.5) is 8.78 Å². The quantitative estimate of drug-likeness (QED) is 0.404. The number of alkyl halides is 2. The van der Waals surface area contributed by atoms with E-state index in [0.717, 1.165) is 18.4 Å². The molecule has 1 aliphatic rings. The number of piperazine rings is 1. The van der Waals surface area contributed by atoms with Crippen LogP contribution in [0.3, 0.4) is 0 Å². The standard InChI is InChI=1S/C25H33F2N5O4S/c1-3-5-18-17-30(2)23-22(18)28-24(29-25(23)33)20-16-19(6-7-21(20)36-15-9-27)37(34,35)32-13-11-31(12-14-32)10-4-8-26/h6-7,16-17H,3-5,8-15H2,1-2H3,(H,28,29,33). The molecule has 0 spiro atoms. The topological polar surface area (TPSA) is 101 Å². The number of nitrogens with zero attached hydrogens (tertiary/aromatic N) is 4. The molecule has 0 aliphatic carbocycles. The SMILES string of the molecule is CCCc1cn(C)c2c(=O)[nH]c(-c3cc(S(=O)(=O)N4CCN(CCCF)CC4)ccc3OCCF)nc12. The molecule has 0 unspecified atom stereocenters. The lowest BCUT2D eigenvalue weighted by molar-refractivity contribution is 0.182. The first-order chi connectivity index (χ1) is 17.8. The van der Waals surface area contributed by atoms with Crippen molar-refractivity contribution in [1.82, 2.24) is 23.7 Å². The maximum atomic E-state index is 13.5. The number of hydrogen-bond donors (Lipinski definition) is 1. The zero-order valence-corrected chi connectivity index (χ0v) is 22.0. The summed E-state index contributed by atoms with van der Waals surface area (Å²) in [6, 6.07) is 4.31. The van der Waals surface area contributed by atoms with Crippen LogP contribution in [0.25, 0.3) is 22.4 Å². The first-order valence-electron chi connectivity index (χ1n) is 12.5. The van der Waals surface area contributed by atoms with Crippen LogP contribution in [0.1, 0.15) is 25.3 Å². The number of benzene rings is 1. The van der Waals surface area contributed by atoms with E-state index in [1.54, 1.807) is 11.6 Å². The van der Waals surface area contributed by atoms with Crippen molar-refractivity contribution >= 4 is 21.1 Å². The molecule has 1 fully saturated rings. The van der Waals surface area contributed by atoms with Crippen molar-refractivity contribution < 1.29 is 21.9 Å². The fourth-order valence-corrected chi connectivity index (χ4v) is 6.16. The maximum Gasteiger partial charge on any atom is 0.275 e. The predicted octanol–water partition coefficient (Wildman–Crippen LogP) is 2.90. The van der Waals surface area contributed by atoms with Crippen LogP contribution in [0, 0.1) is 0 Å². The summed E-state index contributed by atoms with van der Waals surface area (Å²) < 4.78 is 61.1. The van der Waals surface area contributed by atoms with Gasteiger partial charge < -0.3 is 19.2 Å². The summed E-state index contributed by atoms with van der Waals surface area (Å²) in [5.41, 5.74) is 1.78. The molecule has 1 aliphatic heterocycles. The van der Waals surface area contributed by atoms with E-state index in [4.69, 9.17) is 9.72 Å². The number of ether oxygens (including phenoxy) is 1. The third kappa shape index (κ3) is 5.70. The number of hydrogen-bond acceptors (Lipinski definition) is 6. The molecule has 3 heterocycles. The van der Waals surface area contributed by atoms with E-state index in [1.807, 2.05) is 18.0 Å². The first kappa shape index (κ1) is 27.2. The number of H-pyrrole nitrogens is 1. The molecule has 4 rings (SSSR count). The molecular weight excluding hydrogens is 504 g/mol. The van der Waals surface area contributed by atoms with Gasteiger partial charge in [-0.2, -0.15) is 4.31 Å². The van der Waals surface area contributed by atoms with Crippen molar-refractivity contribution in [2.75, 3.05) is 52.7 Å². The zero-order valence-electron chi connectivity index (χ0n) is 21.2. The van der Waals surface area contributed by atoms with E-state index in [0.29, 0.717) is 37.1 Å². The molecule has 1 aromatic carbocycles. The molecule has 9 nitrogen and oxygen atoms in total. The maximum absolute atomic E-state index is 13.5. The smallest absolute Gasteiger partial charge is 0.275 e. The van der Waals surface area contributed by atoms with Gasteiger partial charge in [0.25, 0.3) is 5.56 Å². The minimum absolute atomic E-state index is 0.0249. The van der Waals surface area contributed by atoms with Gasteiger partial charge in [0.2, 0.25) is 10.0 Å². The van der Waals surface area contributed by atoms with Gasteiger partial charge in [0.05, 0.1) is 22.7 Å². The summed E-state index contributed by atoms with van der Waals surface area (Å²) in [7, 11) is -2.08. The Labute approximate surface area is 215 Å². The van der Waals surface area contributed by atoms with Gasteiger partial charge in [-0.15, -0.1) is 0 Å². The van der Waals surface area contributed by atoms with Crippen LogP contribution in [-0.4, -0.2) is 84.8 Å². The highest BCUT2D eigenvalue weighted by Crippen LogP contribution is 2.32. The Hall–Kier alpha value is -2.83. The van der Waals surface area contributed by atoms with Gasteiger partial charge in [0, 0.05) is 46.0 Å². The number of nitrogens with one attached hydrogen (secondary N) is 1. The third-order valence-corrected chi connectivity index (χ3v) is 8.43. The molecule has 202 valence electrons. The number of halogens is 2. The minimum Gasteiger partial charge on any atom is -0.490 e. The van der Waals surface area contributed by atoms with Crippen LogP contribution in [-0.2, 0) is 23.5 Å². The number of aryl methyl sites for hydroxylation is 2. The Bertz CT molecular complexity index is 1400. The van der Waals surface area contributed by atoms with Gasteiger partial charge in [-0.25, -0.2) is 17.8 Å². The normalized spacial score (nSPS) is 15.5. The highest BCUT2D eigenvalue weighted by Gasteiger charge is 2.29. The molecule has 12 heteroatoms. The number of aromatic amines is 1. The highest BCUT2D eigenvalue weighted by molar-refractivity contribution is 7.89. The van der Waals surface area contributed by atoms with Gasteiger partial charge in [-0.05, 0) is 36.6 Å². The second-order valence-electron chi connectivity index (χ2n) is 9.11. The van der Waals surface area contributed by atoms with E-state index >= 15 is 0 Å². The van der Waals surface area contributed by atoms with Crippen molar-refractivity contribution in [3.8, 4) is 17.1 Å².